The molecule has 0 aliphatic heterocycles. The van der Waals surface area contributed by atoms with Crippen LogP contribution >= 0.6 is 22.7 Å². The summed E-state index contributed by atoms with van der Waals surface area (Å²) in [5, 5.41) is 13.1. The van der Waals surface area contributed by atoms with Gasteiger partial charge in [-0.1, -0.05) is 19.4 Å². The van der Waals surface area contributed by atoms with Crippen molar-refractivity contribution in [1.29, 1.82) is 0 Å². The van der Waals surface area contributed by atoms with Crippen LogP contribution < -0.4 is 0 Å². The number of rotatable bonds is 7. The second-order valence-corrected chi connectivity index (χ2v) is 8.46. The topological polar surface area (TPSA) is 74.7 Å². The summed E-state index contributed by atoms with van der Waals surface area (Å²) >= 11 is 3.25. The maximum absolute atomic E-state index is 10.1. The molecule has 140 valence electrons. The zero-order valence-corrected chi connectivity index (χ0v) is 17.0. The zero-order valence-electron chi connectivity index (χ0n) is 15.4. The average Bonchev–Trinajstić information content (AvgIpc) is 3.38. The Morgan fingerprint density at radius 2 is 2.07 bits per heavy atom. The highest BCUT2D eigenvalue weighted by molar-refractivity contribution is 7.16. The van der Waals surface area contributed by atoms with E-state index in [0.29, 0.717) is 6.42 Å². The molecule has 0 saturated carbocycles. The van der Waals surface area contributed by atoms with Crippen LogP contribution in [0.2, 0.25) is 0 Å². The summed E-state index contributed by atoms with van der Waals surface area (Å²) in [5.74, 6) is 0.896. The molecular weight excluding hydrogens is 376 g/mol. The number of fused-ring (bicyclic) bond motifs is 1. The van der Waals surface area contributed by atoms with E-state index in [1.165, 1.54) is 0 Å². The molecule has 0 spiro atoms. The molecule has 0 saturated heterocycles. The average molecular weight is 399 g/mol. The number of imidazole rings is 1. The molecule has 4 rings (SSSR count). The van der Waals surface area contributed by atoms with Crippen LogP contribution in [0.5, 0.6) is 0 Å². The predicted molar refractivity (Wildman–Crippen MR) is 112 cm³/mol. The van der Waals surface area contributed by atoms with Gasteiger partial charge >= 0.3 is 0 Å². The van der Waals surface area contributed by atoms with Gasteiger partial charge in [-0.25, -0.2) is 15.0 Å². The number of benzene rings is 1. The summed E-state index contributed by atoms with van der Waals surface area (Å²) in [6.07, 6.45) is 2.98. The third-order valence-electron chi connectivity index (χ3n) is 4.53. The SMILES string of the molecule is CCCC(O)CCc1nc(-c2ccc3ncsc3c2)c(-c2nc(C)cs2)[nH]1. The Bertz CT molecular complexity index is 1050. The smallest absolute Gasteiger partial charge is 0.142 e. The van der Waals surface area contributed by atoms with E-state index in [2.05, 4.69) is 39.4 Å². The molecule has 0 aliphatic rings. The third kappa shape index (κ3) is 3.95. The normalized spacial score (nSPS) is 12.7. The number of hydrogen-bond acceptors (Lipinski definition) is 6. The first-order valence-corrected chi connectivity index (χ1v) is 10.9. The minimum atomic E-state index is -0.275. The zero-order chi connectivity index (χ0) is 18.8. The van der Waals surface area contributed by atoms with E-state index >= 15 is 0 Å². The van der Waals surface area contributed by atoms with Crippen molar-refractivity contribution in [3.63, 3.8) is 0 Å². The number of aliphatic hydroxyl groups is 1. The molecule has 0 aliphatic carbocycles. The lowest BCUT2D eigenvalue weighted by Gasteiger charge is -2.06. The van der Waals surface area contributed by atoms with Crippen LogP contribution in [0.4, 0.5) is 0 Å². The second kappa shape index (κ2) is 7.88. The highest BCUT2D eigenvalue weighted by Gasteiger charge is 2.18. The van der Waals surface area contributed by atoms with Gasteiger partial charge in [0.25, 0.3) is 0 Å². The fraction of sp³-hybridized carbons (Fsp3) is 0.350. The number of aromatic amines is 1. The number of H-pyrrole nitrogens is 1. The fourth-order valence-corrected chi connectivity index (χ4v) is 4.67. The standard InChI is InChI=1S/C20H22N4OS2/c1-3-4-14(25)6-8-17-23-18(19(24-17)20-22-12(2)10-26-20)13-5-7-15-16(9-13)27-11-21-15/h5,7,9-11,14,25H,3-4,6,8H2,1-2H3,(H,23,24). The predicted octanol–water partition coefficient (Wildman–Crippen LogP) is 5.21. The first-order chi connectivity index (χ1) is 13.1. The number of nitrogens with zero attached hydrogens (tertiary/aromatic N) is 3. The van der Waals surface area contributed by atoms with Gasteiger partial charge in [-0.3, -0.25) is 0 Å². The van der Waals surface area contributed by atoms with E-state index < -0.39 is 0 Å². The molecule has 0 fully saturated rings. The summed E-state index contributed by atoms with van der Waals surface area (Å²) in [4.78, 5) is 17.3. The quantitative estimate of drug-likeness (QED) is 0.448. The van der Waals surface area contributed by atoms with Crippen molar-refractivity contribution in [2.75, 3.05) is 0 Å². The summed E-state index contributed by atoms with van der Waals surface area (Å²) in [7, 11) is 0. The number of aromatic nitrogens is 4. The Morgan fingerprint density at radius 1 is 1.19 bits per heavy atom. The lowest BCUT2D eigenvalue weighted by molar-refractivity contribution is 0.153. The minimum absolute atomic E-state index is 0.275. The number of aryl methyl sites for hydroxylation is 2. The lowest BCUT2D eigenvalue weighted by Crippen LogP contribution is -2.07. The molecule has 27 heavy (non-hydrogen) atoms. The van der Waals surface area contributed by atoms with Gasteiger partial charge in [0.05, 0.1) is 27.5 Å². The Hall–Kier alpha value is -2.09. The third-order valence-corrected chi connectivity index (χ3v) is 6.30. The molecule has 3 aromatic heterocycles. The minimum Gasteiger partial charge on any atom is -0.393 e. The first-order valence-electron chi connectivity index (χ1n) is 9.17. The number of nitrogens with one attached hydrogen (secondary N) is 1. The highest BCUT2D eigenvalue weighted by Crippen LogP contribution is 2.34. The molecule has 5 nitrogen and oxygen atoms in total. The molecule has 0 bridgehead atoms. The van der Waals surface area contributed by atoms with Gasteiger partial charge in [0, 0.05) is 23.1 Å². The highest BCUT2D eigenvalue weighted by atomic mass is 32.1. The van der Waals surface area contributed by atoms with E-state index in [4.69, 9.17) is 4.98 Å². The van der Waals surface area contributed by atoms with Crippen LogP contribution in [-0.4, -0.2) is 31.1 Å². The van der Waals surface area contributed by atoms with Gasteiger partial charge in [0.2, 0.25) is 0 Å². The van der Waals surface area contributed by atoms with Crippen molar-refractivity contribution in [1.82, 2.24) is 19.9 Å². The van der Waals surface area contributed by atoms with Crippen molar-refractivity contribution in [2.24, 2.45) is 0 Å². The number of hydrogen-bond donors (Lipinski definition) is 2. The molecule has 0 amide bonds. The van der Waals surface area contributed by atoms with Crippen molar-refractivity contribution in [3.05, 3.63) is 40.6 Å². The number of thiazole rings is 2. The Kier molecular flexibility index (Phi) is 5.33. The van der Waals surface area contributed by atoms with Crippen LogP contribution in [-0.2, 0) is 6.42 Å². The molecule has 7 heteroatoms. The monoisotopic (exact) mass is 398 g/mol. The lowest BCUT2D eigenvalue weighted by atomic mass is 10.1. The Balaban J connectivity index is 1.71. The van der Waals surface area contributed by atoms with Crippen molar-refractivity contribution in [2.45, 2.75) is 45.6 Å². The molecular formula is C20H22N4OS2. The van der Waals surface area contributed by atoms with Crippen LogP contribution in [0.3, 0.4) is 0 Å². The van der Waals surface area contributed by atoms with Crippen LogP contribution in [0.1, 0.15) is 37.7 Å². The largest absolute Gasteiger partial charge is 0.393 e. The first kappa shape index (κ1) is 18.3. The van der Waals surface area contributed by atoms with Gasteiger partial charge in [-0.15, -0.1) is 22.7 Å². The Labute approximate surface area is 166 Å². The molecule has 1 atom stereocenters. The van der Waals surface area contributed by atoms with Gasteiger partial charge < -0.3 is 10.1 Å². The van der Waals surface area contributed by atoms with Crippen LogP contribution in [0, 0.1) is 6.92 Å². The second-order valence-electron chi connectivity index (χ2n) is 6.72. The van der Waals surface area contributed by atoms with Crippen LogP contribution in [0.15, 0.2) is 29.1 Å². The molecule has 3 heterocycles. The fourth-order valence-electron chi connectivity index (χ4n) is 3.16. The summed E-state index contributed by atoms with van der Waals surface area (Å²) in [6.45, 7) is 4.09. The van der Waals surface area contributed by atoms with E-state index in [-0.39, 0.29) is 6.10 Å². The summed E-state index contributed by atoms with van der Waals surface area (Å²) < 4.78 is 1.15. The van der Waals surface area contributed by atoms with Crippen molar-refractivity contribution in [3.8, 4) is 22.0 Å². The van der Waals surface area contributed by atoms with Gasteiger partial charge in [0.1, 0.15) is 16.5 Å². The summed E-state index contributed by atoms with van der Waals surface area (Å²) in [5.41, 5.74) is 6.81. The van der Waals surface area contributed by atoms with Crippen LogP contribution in [0.25, 0.3) is 32.2 Å². The number of aliphatic hydroxyl groups excluding tert-OH is 1. The van der Waals surface area contributed by atoms with E-state index in [0.717, 1.165) is 63.0 Å². The molecule has 2 N–H and O–H groups in total. The van der Waals surface area contributed by atoms with Crippen molar-refractivity contribution >= 4 is 32.9 Å². The maximum Gasteiger partial charge on any atom is 0.142 e. The van der Waals surface area contributed by atoms with E-state index in [9.17, 15) is 5.11 Å². The van der Waals surface area contributed by atoms with Gasteiger partial charge in [0.15, 0.2) is 0 Å². The van der Waals surface area contributed by atoms with Crippen molar-refractivity contribution < 1.29 is 5.11 Å². The summed E-state index contributed by atoms with van der Waals surface area (Å²) in [6, 6.07) is 6.25. The molecule has 4 aromatic rings. The van der Waals surface area contributed by atoms with E-state index in [1.54, 1.807) is 22.7 Å². The van der Waals surface area contributed by atoms with E-state index in [1.807, 2.05) is 18.5 Å². The molecule has 0 radical (unpaired) electrons. The molecule has 1 unspecified atom stereocenters. The Morgan fingerprint density at radius 3 is 2.85 bits per heavy atom. The maximum atomic E-state index is 10.1. The van der Waals surface area contributed by atoms with Gasteiger partial charge in [-0.2, -0.15) is 0 Å². The van der Waals surface area contributed by atoms with Gasteiger partial charge in [-0.05, 0) is 31.9 Å². The molecule has 1 aromatic carbocycles.